The van der Waals surface area contributed by atoms with Gasteiger partial charge in [0.15, 0.2) is 0 Å². The lowest BCUT2D eigenvalue weighted by molar-refractivity contribution is -0.147. The van der Waals surface area contributed by atoms with Crippen molar-refractivity contribution in [3.05, 3.63) is 71.3 Å². The van der Waals surface area contributed by atoms with Crippen molar-refractivity contribution in [1.82, 2.24) is 19.9 Å². The molecule has 4 N–H and O–H groups in total. The molecule has 5 heterocycles. The van der Waals surface area contributed by atoms with Crippen molar-refractivity contribution in [2.75, 3.05) is 13.2 Å². The third-order valence-corrected chi connectivity index (χ3v) is 8.67. The van der Waals surface area contributed by atoms with Crippen molar-refractivity contribution < 1.29 is 19.7 Å². The number of aromatic amines is 2. The van der Waals surface area contributed by atoms with Crippen molar-refractivity contribution in [3.8, 4) is 0 Å². The van der Waals surface area contributed by atoms with E-state index in [4.69, 9.17) is 14.9 Å². The average Bonchev–Trinajstić information content (AvgIpc) is 3.93. The van der Waals surface area contributed by atoms with E-state index < -0.39 is 6.10 Å². The molecule has 8 bridgehead atoms. The molecule has 3 aromatic heterocycles. The summed E-state index contributed by atoms with van der Waals surface area (Å²) >= 11 is 0. The lowest BCUT2D eigenvalue weighted by atomic mass is 10.0. The zero-order chi connectivity index (χ0) is 34.5. The molecule has 8 nitrogen and oxygen atoms in total. The summed E-state index contributed by atoms with van der Waals surface area (Å²) in [5, 5.41) is 17.7. The maximum atomic E-state index is 11.4. The minimum Gasteiger partial charge on any atom is -0.463 e. The van der Waals surface area contributed by atoms with Gasteiger partial charge >= 0.3 is 5.97 Å². The SMILES string of the molecule is C1=Cc2cc3ccc(cc4nc(cc5ccc(cc1n2)[nH]5)C=C4)[nH]3.CCCCCCCCCCCCCCCCCC(=O)OCC(O)CO. The van der Waals surface area contributed by atoms with Crippen LogP contribution in [0.15, 0.2) is 48.5 Å². The van der Waals surface area contributed by atoms with Gasteiger partial charge in [0.05, 0.1) is 29.4 Å². The van der Waals surface area contributed by atoms with E-state index in [0.29, 0.717) is 6.42 Å². The highest BCUT2D eigenvalue weighted by Crippen LogP contribution is 2.17. The molecule has 264 valence electrons. The number of aromatic nitrogens is 4. The Morgan fingerprint density at radius 1 is 0.612 bits per heavy atom. The minimum atomic E-state index is -0.954. The fourth-order valence-corrected chi connectivity index (χ4v) is 5.90. The summed E-state index contributed by atoms with van der Waals surface area (Å²) in [6.45, 7) is 1.79. The second kappa shape index (κ2) is 21.9. The zero-order valence-corrected chi connectivity index (χ0v) is 29.3. The molecule has 0 aromatic carbocycles. The number of carbonyl (C=O) groups is 1. The van der Waals surface area contributed by atoms with Crippen LogP contribution in [-0.4, -0.2) is 55.4 Å². The Morgan fingerprint density at radius 3 is 1.31 bits per heavy atom. The number of hydrogen-bond acceptors (Lipinski definition) is 6. The number of ether oxygens (including phenoxy) is 1. The molecule has 49 heavy (non-hydrogen) atoms. The zero-order valence-electron chi connectivity index (χ0n) is 29.3. The Labute approximate surface area is 291 Å². The molecular weight excluding hydrogens is 612 g/mol. The molecular formula is C41H56N4O4. The molecule has 3 aromatic rings. The van der Waals surface area contributed by atoms with Crippen LogP contribution in [0.4, 0.5) is 0 Å². The fraction of sp³-hybridized carbons (Fsp3) is 0.488. The van der Waals surface area contributed by atoms with Gasteiger partial charge in [0.1, 0.15) is 12.7 Å². The Bertz CT molecular complexity index is 1460. The second-order valence-corrected chi connectivity index (χ2v) is 13.1. The van der Waals surface area contributed by atoms with Crippen LogP contribution < -0.4 is 0 Å². The smallest absolute Gasteiger partial charge is 0.305 e. The number of aliphatic hydroxyl groups excluding tert-OH is 2. The van der Waals surface area contributed by atoms with Gasteiger partial charge in [-0.3, -0.25) is 4.79 Å². The quantitative estimate of drug-likeness (QED) is 0.0513. The monoisotopic (exact) mass is 668 g/mol. The largest absolute Gasteiger partial charge is 0.463 e. The Kier molecular flexibility index (Phi) is 16.9. The van der Waals surface area contributed by atoms with Gasteiger partial charge in [-0.25, -0.2) is 9.97 Å². The predicted molar refractivity (Wildman–Crippen MR) is 202 cm³/mol. The minimum absolute atomic E-state index is 0.103. The van der Waals surface area contributed by atoms with Crippen LogP contribution in [0.2, 0.25) is 0 Å². The number of hydrogen-bond donors (Lipinski definition) is 4. The van der Waals surface area contributed by atoms with Crippen molar-refractivity contribution in [2.24, 2.45) is 0 Å². The number of carbonyl (C=O) groups excluding carboxylic acids is 1. The van der Waals surface area contributed by atoms with Gasteiger partial charge in [-0.1, -0.05) is 96.8 Å². The summed E-state index contributed by atoms with van der Waals surface area (Å²) in [5.41, 5.74) is 7.86. The van der Waals surface area contributed by atoms with Crippen molar-refractivity contribution >= 4 is 52.3 Å². The maximum absolute atomic E-state index is 11.4. The number of esters is 1. The number of aliphatic hydroxyl groups is 2. The number of H-pyrrole nitrogens is 2. The highest BCUT2D eigenvalue weighted by molar-refractivity contribution is 5.77. The molecule has 8 heteroatoms. The molecule has 0 saturated heterocycles. The van der Waals surface area contributed by atoms with Crippen LogP contribution in [0.1, 0.15) is 132 Å². The van der Waals surface area contributed by atoms with E-state index >= 15 is 0 Å². The molecule has 5 rings (SSSR count). The van der Waals surface area contributed by atoms with E-state index in [-0.39, 0.29) is 19.2 Å². The lowest BCUT2D eigenvalue weighted by Gasteiger charge is -2.08. The number of nitrogens with one attached hydrogen (secondary N) is 2. The average molecular weight is 669 g/mol. The van der Waals surface area contributed by atoms with E-state index in [0.717, 1.165) is 57.7 Å². The number of nitrogens with zero attached hydrogens (tertiary/aromatic N) is 2. The normalized spacial score (nSPS) is 12.5. The summed E-state index contributed by atoms with van der Waals surface area (Å²) in [6.07, 6.45) is 27.1. The van der Waals surface area contributed by atoms with Crippen LogP contribution >= 0.6 is 0 Å². The van der Waals surface area contributed by atoms with Crippen molar-refractivity contribution in [1.29, 1.82) is 0 Å². The lowest BCUT2D eigenvalue weighted by Crippen LogP contribution is -2.21. The molecule has 0 radical (unpaired) electrons. The highest BCUT2D eigenvalue weighted by atomic mass is 16.5. The van der Waals surface area contributed by atoms with E-state index in [2.05, 4.69) is 51.1 Å². The van der Waals surface area contributed by atoms with Gasteiger partial charge < -0.3 is 24.9 Å². The van der Waals surface area contributed by atoms with Gasteiger partial charge in [0, 0.05) is 28.5 Å². The summed E-state index contributed by atoms with van der Waals surface area (Å²) in [5.74, 6) is -0.276. The topological polar surface area (TPSA) is 124 Å². The summed E-state index contributed by atoms with van der Waals surface area (Å²) in [4.78, 5) is 27.4. The second-order valence-electron chi connectivity index (χ2n) is 13.1. The van der Waals surface area contributed by atoms with Crippen LogP contribution in [-0.2, 0) is 9.53 Å². The van der Waals surface area contributed by atoms with E-state index in [9.17, 15) is 4.79 Å². The fourth-order valence-electron chi connectivity index (χ4n) is 5.90. The Morgan fingerprint density at radius 2 is 0.959 bits per heavy atom. The summed E-state index contributed by atoms with van der Waals surface area (Å²) < 4.78 is 4.86. The van der Waals surface area contributed by atoms with Crippen molar-refractivity contribution in [3.63, 3.8) is 0 Å². The van der Waals surface area contributed by atoms with Gasteiger partial charge in [-0.2, -0.15) is 0 Å². The standard InChI is InChI=1S/C21H42O4.C20H14N4/c1-2-3-4-5-6-7-8-9-10-11-12-13-14-15-16-17-21(24)25-19-20(23)18-22;1-2-14-10-16-5-6-18(23-16)12-20-8-7-19(24-20)11-17-4-3-15(22-17)9-13(1)21-14/h20,22-23H,2-19H2,1H3;1-12,21,24H. The first-order chi connectivity index (χ1) is 24.0. The van der Waals surface area contributed by atoms with E-state index in [1.165, 1.54) is 83.5 Å². The third kappa shape index (κ3) is 15.0. The molecule has 2 aliphatic heterocycles. The summed E-state index contributed by atoms with van der Waals surface area (Å²) in [6, 6.07) is 16.4. The highest BCUT2D eigenvalue weighted by Gasteiger charge is 2.07. The van der Waals surface area contributed by atoms with Gasteiger partial charge in [0.2, 0.25) is 0 Å². The molecule has 0 spiro atoms. The van der Waals surface area contributed by atoms with Gasteiger partial charge in [0.25, 0.3) is 0 Å². The molecule has 2 aliphatic rings. The van der Waals surface area contributed by atoms with Crippen molar-refractivity contribution in [2.45, 2.75) is 116 Å². The molecule has 1 unspecified atom stereocenters. The first kappa shape index (κ1) is 37.8. The van der Waals surface area contributed by atoms with Gasteiger partial charge in [-0.15, -0.1) is 0 Å². The number of rotatable bonds is 19. The number of fused-ring (bicyclic) bond motifs is 8. The predicted octanol–water partition coefficient (Wildman–Crippen LogP) is 9.80. The Balaban J connectivity index is 0.000000220. The molecule has 0 aliphatic carbocycles. The molecule has 0 saturated carbocycles. The number of unbranched alkanes of at least 4 members (excludes halogenated alkanes) is 14. The molecule has 0 amide bonds. The van der Waals surface area contributed by atoms with E-state index in [1.54, 1.807) is 0 Å². The van der Waals surface area contributed by atoms with Crippen LogP contribution in [0.25, 0.3) is 46.4 Å². The van der Waals surface area contributed by atoms with Crippen LogP contribution in [0, 0.1) is 0 Å². The summed E-state index contributed by atoms with van der Waals surface area (Å²) in [7, 11) is 0. The molecule has 0 fully saturated rings. The van der Waals surface area contributed by atoms with E-state index in [1.807, 2.05) is 48.6 Å². The first-order valence-corrected chi connectivity index (χ1v) is 18.5. The maximum Gasteiger partial charge on any atom is 0.305 e. The Hall–Kier alpha value is -4.01. The first-order valence-electron chi connectivity index (χ1n) is 18.5. The van der Waals surface area contributed by atoms with Gasteiger partial charge in [-0.05, 0) is 79.3 Å². The van der Waals surface area contributed by atoms with Crippen LogP contribution in [0.5, 0.6) is 0 Å². The third-order valence-electron chi connectivity index (χ3n) is 8.67. The van der Waals surface area contributed by atoms with Crippen LogP contribution in [0.3, 0.4) is 0 Å². The molecule has 1 atom stereocenters.